The van der Waals surface area contributed by atoms with Gasteiger partial charge < -0.3 is 9.47 Å². The van der Waals surface area contributed by atoms with E-state index in [1.807, 2.05) is 35.1 Å². The second-order valence-corrected chi connectivity index (χ2v) is 5.01. The molecular formula is C14H15BrN2O3. The van der Waals surface area contributed by atoms with Crippen molar-refractivity contribution in [2.75, 3.05) is 13.2 Å². The summed E-state index contributed by atoms with van der Waals surface area (Å²) in [5.41, 5.74) is 1.04. The summed E-state index contributed by atoms with van der Waals surface area (Å²) in [7, 11) is 0. The molecule has 0 aliphatic carbocycles. The number of halogens is 1. The highest BCUT2D eigenvalue weighted by Gasteiger charge is 2.04. The van der Waals surface area contributed by atoms with Gasteiger partial charge in [-0.3, -0.25) is 4.68 Å². The van der Waals surface area contributed by atoms with Gasteiger partial charge in [0, 0.05) is 6.20 Å². The molecule has 0 aliphatic heterocycles. The minimum atomic E-state index is -0.367. The normalized spacial score (nSPS) is 10.3. The van der Waals surface area contributed by atoms with Gasteiger partial charge in [0.05, 0.1) is 23.8 Å². The van der Waals surface area contributed by atoms with Gasteiger partial charge in [0.2, 0.25) is 0 Å². The van der Waals surface area contributed by atoms with E-state index in [9.17, 15) is 4.79 Å². The zero-order valence-corrected chi connectivity index (χ0v) is 12.7. The molecule has 2 rings (SSSR count). The third-order valence-corrected chi connectivity index (χ3v) is 2.92. The first-order chi connectivity index (χ1) is 9.67. The fraction of sp³-hybridized carbons (Fsp3) is 0.286. The van der Waals surface area contributed by atoms with Crippen molar-refractivity contribution in [1.29, 1.82) is 0 Å². The molecular weight excluding hydrogens is 324 g/mol. The molecule has 0 spiro atoms. The van der Waals surface area contributed by atoms with Gasteiger partial charge >= 0.3 is 5.97 Å². The average Bonchev–Trinajstić information content (AvgIpc) is 2.83. The topological polar surface area (TPSA) is 53.4 Å². The molecule has 0 radical (unpaired) electrons. The lowest BCUT2D eigenvalue weighted by Crippen LogP contribution is -2.14. The average molecular weight is 339 g/mol. The van der Waals surface area contributed by atoms with Crippen molar-refractivity contribution < 1.29 is 14.3 Å². The maximum absolute atomic E-state index is 11.2. The highest BCUT2D eigenvalue weighted by atomic mass is 79.9. The van der Waals surface area contributed by atoms with Gasteiger partial charge in [-0.25, -0.2) is 4.79 Å². The lowest BCUT2D eigenvalue weighted by molar-refractivity contribution is -0.145. The lowest BCUT2D eigenvalue weighted by atomic mass is 10.2. The van der Waals surface area contributed by atoms with Gasteiger partial charge in [-0.15, -0.1) is 0 Å². The Morgan fingerprint density at radius 1 is 1.45 bits per heavy atom. The lowest BCUT2D eigenvalue weighted by Gasteiger charge is -2.08. The number of aromatic nitrogens is 2. The van der Waals surface area contributed by atoms with Crippen LogP contribution in [0.4, 0.5) is 0 Å². The zero-order valence-electron chi connectivity index (χ0n) is 11.1. The maximum atomic E-state index is 11.2. The highest BCUT2D eigenvalue weighted by Crippen LogP contribution is 2.15. The Kier molecular flexibility index (Phi) is 5.17. The second-order valence-electron chi connectivity index (χ2n) is 4.10. The van der Waals surface area contributed by atoms with Crippen molar-refractivity contribution in [3.05, 3.63) is 46.7 Å². The van der Waals surface area contributed by atoms with Gasteiger partial charge in [-0.05, 0) is 40.5 Å². The Hall–Kier alpha value is -1.82. The number of esters is 1. The largest absolute Gasteiger partial charge is 0.482 e. The monoisotopic (exact) mass is 338 g/mol. The van der Waals surface area contributed by atoms with E-state index in [1.54, 1.807) is 13.1 Å². The van der Waals surface area contributed by atoms with Crippen LogP contribution in [0.1, 0.15) is 12.5 Å². The Bertz CT molecular complexity index is 583. The number of carbonyl (C=O) groups excluding carboxylic acids is 1. The molecule has 0 N–H and O–H groups in total. The summed E-state index contributed by atoms with van der Waals surface area (Å²) in [6.45, 7) is 2.68. The molecule has 6 heteroatoms. The van der Waals surface area contributed by atoms with Crippen molar-refractivity contribution in [3.8, 4) is 5.75 Å². The van der Waals surface area contributed by atoms with E-state index in [0.29, 0.717) is 18.9 Å². The summed E-state index contributed by atoms with van der Waals surface area (Å²) >= 11 is 3.36. The van der Waals surface area contributed by atoms with Crippen molar-refractivity contribution in [2.45, 2.75) is 13.5 Å². The molecule has 2 aromatic rings. The summed E-state index contributed by atoms with van der Waals surface area (Å²) in [4.78, 5) is 11.2. The molecule has 0 unspecified atom stereocenters. The summed E-state index contributed by atoms with van der Waals surface area (Å²) in [6.07, 6.45) is 3.63. The van der Waals surface area contributed by atoms with E-state index in [4.69, 9.17) is 9.47 Å². The van der Waals surface area contributed by atoms with Gasteiger partial charge in [0.25, 0.3) is 0 Å². The van der Waals surface area contributed by atoms with Crippen LogP contribution >= 0.6 is 15.9 Å². The molecule has 5 nitrogen and oxygen atoms in total. The number of ether oxygens (including phenoxy) is 2. The van der Waals surface area contributed by atoms with Crippen LogP contribution in [0.25, 0.3) is 0 Å². The van der Waals surface area contributed by atoms with Crippen LogP contribution in [0.2, 0.25) is 0 Å². The molecule has 106 valence electrons. The number of hydrogen-bond donors (Lipinski definition) is 0. The number of hydrogen-bond acceptors (Lipinski definition) is 4. The number of rotatable bonds is 6. The molecule has 0 saturated carbocycles. The zero-order chi connectivity index (χ0) is 14.4. The molecule has 1 heterocycles. The van der Waals surface area contributed by atoms with E-state index < -0.39 is 0 Å². The standard InChI is InChI=1S/C14H15BrN2O3/c1-2-19-14(18)10-20-13-5-3-4-11(6-13)8-17-9-12(15)7-16-17/h3-7,9H,2,8,10H2,1H3. The molecule has 1 aromatic heterocycles. The minimum absolute atomic E-state index is 0.0788. The first-order valence-corrected chi connectivity index (χ1v) is 7.02. The first kappa shape index (κ1) is 14.6. The van der Waals surface area contributed by atoms with Crippen LogP contribution in [0.5, 0.6) is 5.75 Å². The van der Waals surface area contributed by atoms with Crippen LogP contribution in [-0.2, 0) is 16.1 Å². The fourth-order valence-electron chi connectivity index (χ4n) is 1.69. The Morgan fingerprint density at radius 2 is 2.30 bits per heavy atom. The van der Waals surface area contributed by atoms with Crippen molar-refractivity contribution in [1.82, 2.24) is 9.78 Å². The van der Waals surface area contributed by atoms with Crippen LogP contribution in [0.3, 0.4) is 0 Å². The summed E-state index contributed by atoms with van der Waals surface area (Å²) in [6, 6.07) is 7.55. The van der Waals surface area contributed by atoms with Gasteiger partial charge in [-0.1, -0.05) is 12.1 Å². The highest BCUT2D eigenvalue weighted by molar-refractivity contribution is 9.10. The predicted molar refractivity (Wildman–Crippen MR) is 77.6 cm³/mol. The second kappa shape index (κ2) is 7.09. The summed E-state index contributed by atoms with van der Waals surface area (Å²) < 4.78 is 13.0. The Labute approximate surface area is 125 Å². The molecule has 0 bridgehead atoms. The molecule has 0 amide bonds. The van der Waals surface area contributed by atoms with Crippen molar-refractivity contribution in [3.63, 3.8) is 0 Å². The molecule has 0 saturated heterocycles. The van der Waals surface area contributed by atoms with Gasteiger partial charge in [0.1, 0.15) is 5.75 Å². The SMILES string of the molecule is CCOC(=O)COc1cccc(Cn2cc(Br)cn2)c1. The minimum Gasteiger partial charge on any atom is -0.482 e. The van der Waals surface area contributed by atoms with E-state index in [-0.39, 0.29) is 12.6 Å². The fourth-order valence-corrected chi connectivity index (χ4v) is 2.02. The van der Waals surface area contributed by atoms with Crippen molar-refractivity contribution >= 4 is 21.9 Å². The van der Waals surface area contributed by atoms with Gasteiger partial charge in [-0.2, -0.15) is 5.10 Å². The first-order valence-electron chi connectivity index (χ1n) is 6.22. The third-order valence-electron chi connectivity index (χ3n) is 2.51. The molecule has 0 atom stereocenters. The Morgan fingerprint density at radius 3 is 3.00 bits per heavy atom. The van der Waals surface area contributed by atoms with E-state index in [1.165, 1.54) is 0 Å². The smallest absolute Gasteiger partial charge is 0.344 e. The van der Waals surface area contributed by atoms with Crippen LogP contribution in [0, 0.1) is 0 Å². The molecule has 0 fully saturated rings. The van der Waals surface area contributed by atoms with E-state index in [0.717, 1.165) is 10.0 Å². The number of nitrogens with zero attached hydrogens (tertiary/aromatic N) is 2. The van der Waals surface area contributed by atoms with Gasteiger partial charge in [0.15, 0.2) is 6.61 Å². The molecule has 20 heavy (non-hydrogen) atoms. The molecule has 0 aliphatic rings. The predicted octanol–water partition coefficient (Wildman–Crippen LogP) is 2.64. The van der Waals surface area contributed by atoms with E-state index in [2.05, 4.69) is 21.0 Å². The Balaban J connectivity index is 1.95. The van der Waals surface area contributed by atoms with Crippen LogP contribution in [0.15, 0.2) is 41.1 Å². The quantitative estimate of drug-likeness (QED) is 0.760. The van der Waals surface area contributed by atoms with Crippen LogP contribution in [-0.4, -0.2) is 29.0 Å². The molecule has 1 aromatic carbocycles. The maximum Gasteiger partial charge on any atom is 0.344 e. The van der Waals surface area contributed by atoms with Crippen LogP contribution < -0.4 is 4.74 Å². The summed E-state index contributed by atoms with van der Waals surface area (Å²) in [5.74, 6) is 0.274. The van der Waals surface area contributed by atoms with E-state index >= 15 is 0 Å². The van der Waals surface area contributed by atoms with Crippen molar-refractivity contribution in [2.24, 2.45) is 0 Å². The summed E-state index contributed by atoms with van der Waals surface area (Å²) in [5, 5.41) is 4.19. The third kappa shape index (κ3) is 4.38. The number of carbonyl (C=O) groups is 1. The number of benzene rings is 1.